The molecular formula is C20H34N4O3. The molecule has 2 amide bonds. The fourth-order valence-corrected chi connectivity index (χ4v) is 3.74. The van der Waals surface area contributed by atoms with E-state index in [0.29, 0.717) is 18.8 Å². The Morgan fingerprint density at radius 3 is 2.63 bits per heavy atom. The van der Waals surface area contributed by atoms with Crippen molar-refractivity contribution in [3.05, 3.63) is 12.3 Å². The Morgan fingerprint density at radius 1 is 1.33 bits per heavy atom. The predicted molar refractivity (Wildman–Crippen MR) is 105 cm³/mol. The van der Waals surface area contributed by atoms with Gasteiger partial charge in [-0.15, -0.1) is 0 Å². The molecule has 0 bridgehead atoms. The average molecular weight is 379 g/mol. The molecule has 7 nitrogen and oxygen atoms in total. The SMILES string of the molecule is CC(CC(=O)N(CCN1CCCC1)CC(=O)Nc1ccon1)CC(C)(C)C. The maximum absolute atomic E-state index is 12.9. The molecule has 2 heterocycles. The van der Waals surface area contributed by atoms with E-state index in [1.807, 2.05) is 0 Å². The van der Waals surface area contributed by atoms with Crippen molar-refractivity contribution in [2.24, 2.45) is 11.3 Å². The van der Waals surface area contributed by atoms with Crippen molar-refractivity contribution in [2.45, 2.75) is 53.4 Å². The van der Waals surface area contributed by atoms with E-state index in [-0.39, 0.29) is 29.7 Å². The lowest BCUT2D eigenvalue weighted by Gasteiger charge is -2.28. The molecule has 27 heavy (non-hydrogen) atoms. The molecule has 7 heteroatoms. The molecule has 1 N–H and O–H groups in total. The summed E-state index contributed by atoms with van der Waals surface area (Å²) in [5.74, 6) is 0.446. The highest BCUT2D eigenvalue weighted by Crippen LogP contribution is 2.26. The van der Waals surface area contributed by atoms with Crippen LogP contribution in [0.4, 0.5) is 5.82 Å². The monoisotopic (exact) mass is 378 g/mol. The largest absolute Gasteiger partial charge is 0.363 e. The Balaban J connectivity index is 1.92. The molecular weight excluding hydrogens is 344 g/mol. The summed E-state index contributed by atoms with van der Waals surface area (Å²) >= 11 is 0. The zero-order chi connectivity index (χ0) is 19.9. The highest BCUT2D eigenvalue weighted by atomic mass is 16.5. The van der Waals surface area contributed by atoms with E-state index in [1.54, 1.807) is 11.0 Å². The van der Waals surface area contributed by atoms with Crippen molar-refractivity contribution >= 4 is 17.6 Å². The Kier molecular flexibility index (Phi) is 7.83. The summed E-state index contributed by atoms with van der Waals surface area (Å²) in [7, 11) is 0. The summed E-state index contributed by atoms with van der Waals surface area (Å²) in [4.78, 5) is 29.3. The fourth-order valence-electron chi connectivity index (χ4n) is 3.74. The molecule has 1 saturated heterocycles. The summed E-state index contributed by atoms with van der Waals surface area (Å²) in [6, 6.07) is 1.58. The van der Waals surface area contributed by atoms with Crippen LogP contribution in [-0.2, 0) is 9.59 Å². The van der Waals surface area contributed by atoms with E-state index in [2.05, 4.69) is 43.1 Å². The number of carbonyl (C=O) groups is 2. The zero-order valence-electron chi connectivity index (χ0n) is 17.2. The van der Waals surface area contributed by atoms with Crippen molar-refractivity contribution in [3.63, 3.8) is 0 Å². The van der Waals surface area contributed by atoms with E-state index >= 15 is 0 Å². The number of likely N-dealkylation sites (tertiary alicyclic amines) is 1. The second kappa shape index (κ2) is 9.88. The standard InChI is InChI=1S/C20H34N4O3/c1-16(14-20(2,3)4)13-19(26)24(11-10-23-8-5-6-9-23)15-18(25)21-17-7-12-27-22-17/h7,12,16H,5-6,8-11,13-15H2,1-4H3,(H,21,22,25). The number of hydrogen-bond donors (Lipinski definition) is 1. The third-order valence-electron chi connectivity index (χ3n) is 4.76. The summed E-state index contributed by atoms with van der Waals surface area (Å²) in [5, 5.41) is 6.36. The predicted octanol–water partition coefficient (Wildman–Crippen LogP) is 3.00. The number of hydrogen-bond acceptors (Lipinski definition) is 5. The van der Waals surface area contributed by atoms with Crippen LogP contribution in [0.25, 0.3) is 0 Å². The Labute approximate surface area is 162 Å². The van der Waals surface area contributed by atoms with E-state index < -0.39 is 0 Å². The van der Waals surface area contributed by atoms with E-state index in [4.69, 9.17) is 4.52 Å². The molecule has 1 aliphatic rings. The summed E-state index contributed by atoms with van der Waals surface area (Å²) in [5.41, 5.74) is 0.185. The zero-order valence-corrected chi connectivity index (χ0v) is 17.2. The van der Waals surface area contributed by atoms with Crippen LogP contribution in [0.1, 0.15) is 53.4 Å². The van der Waals surface area contributed by atoms with Crippen LogP contribution in [0.5, 0.6) is 0 Å². The maximum atomic E-state index is 12.9. The van der Waals surface area contributed by atoms with Crippen LogP contribution >= 0.6 is 0 Å². The van der Waals surface area contributed by atoms with Gasteiger partial charge in [0.1, 0.15) is 6.26 Å². The van der Waals surface area contributed by atoms with Gasteiger partial charge in [-0.05, 0) is 43.7 Å². The van der Waals surface area contributed by atoms with Crippen LogP contribution in [0.3, 0.4) is 0 Å². The minimum absolute atomic E-state index is 0.0428. The normalized spacial score (nSPS) is 16.3. The van der Waals surface area contributed by atoms with Gasteiger partial charge >= 0.3 is 0 Å². The Hall–Kier alpha value is -1.89. The lowest BCUT2D eigenvalue weighted by molar-refractivity contribution is -0.135. The molecule has 1 aromatic rings. The average Bonchev–Trinajstić information content (AvgIpc) is 3.22. The molecule has 2 rings (SSSR count). The van der Waals surface area contributed by atoms with E-state index in [9.17, 15) is 9.59 Å². The molecule has 1 aliphatic heterocycles. The quantitative estimate of drug-likeness (QED) is 0.715. The van der Waals surface area contributed by atoms with Crippen molar-refractivity contribution in [3.8, 4) is 0 Å². The lowest BCUT2D eigenvalue weighted by atomic mass is 9.84. The van der Waals surface area contributed by atoms with Crippen molar-refractivity contribution in [1.82, 2.24) is 15.0 Å². The number of rotatable bonds is 9. The van der Waals surface area contributed by atoms with Gasteiger partial charge in [0.05, 0.1) is 6.54 Å². The second-order valence-electron chi connectivity index (χ2n) is 8.87. The number of anilines is 1. The van der Waals surface area contributed by atoms with Crippen molar-refractivity contribution in [1.29, 1.82) is 0 Å². The van der Waals surface area contributed by atoms with Gasteiger partial charge in [-0.25, -0.2) is 0 Å². The van der Waals surface area contributed by atoms with Gasteiger partial charge in [0.25, 0.3) is 0 Å². The van der Waals surface area contributed by atoms with E-state index in [1.165, 1.54) is 19.1 Å². The van der Waals surface area contributed by atoms with Crippen LogP contribution < -0.4 is 5.32 Å². The van der Waals surface area contributed by atoms with Crippen LogP contribution in [0.15, 0.2) is 16.9 Å². The number of aromatic nitrogens is 1. The Morgan fingerprint density at radius 2 is 2.04 bits per heavy atom. The molecule has 1 unspecified atom stereocenters. The molecule has 0 spiro atoms. The lowest BCUT2D eigenvalue weighted by Crippen LogP contribution is -2.43. The molecule has 1 atom stereocenters. The molecule has 1 aromatic heterocycles. The molecule has 1 fully saturated rings. The smallest absolute Gasteiger partial charge is 0.245 e. The number of nitrogens with one attached hydrogen (secondary N) is 1. The van der Waals surface area contributed by atoms with E-state index in [0.717, 1.165) is 26.1 Å². The van der Waals surface area contributed by atoms with Gasteiger partial charge in [-0.2, -0.15) is 0 Å². The fraction of sp³-hybridized carbons (Fsp3) is 0.750. The minimum Gasteiger partial charge on any atom is -0.363 e. The number of carbonyl (C=O) groups excluding carboxylic acids is 2. The first-order valence-electron chi connectivity index (χ1n) is 9.93. The topological polar surface area (TPSA) is 78.7 Å². The van der Waals surface area contributed by atoms with Gasteiger partial charge in [0.15, 0.2) is 5.82 Å². The van der Waals surface area contributed by atoms with Crippen molar-refractivity contribution < 1.29 is 14.1 Å². The van der Waals surface area contributed by atoms with Gasteiger partial charge in [-0.1, -0.05) is 32.9 Å². The molecule has 0 aromatic carbocycles. The molecule has 0 radical (unpaired) electrons. The van der Waals surface area contributed by atoms with Crippen LogP contribution in [-0.4, -0.2) is 59.5 Å². The number of amides is 2. The van der Waals surface area contributed by atoms with Gasteiger partial charge in [-0.3, -0.25) is 9.59 Å². The van der Waals surface area contributed by atoms with Gasteiger partial charge in [0, 0.05) is 25.6 Å². The Bertz CT molecular complexity index is 589. The third-order valence-corrected chi connectivity index (χ3v) is 4.76. The maximum Gasteiger partial charge on any atom is 0.245 e. The van der Waals surface area contributed by atoms with Gasteiger partial charge in [0.2, 0.25) is 11.8 Å². The number of nitrogens with zero attached hydrogens (tertiary/aromatic N) is 3. The van der Waals surface area contributed by atoms with Crippen LogP contribution in [0.2, 0.25) is 0 Å². The summed E-state index contributed by atoms with van der Waals surface area (Å²) in [6.07, 6.45) is 5.27. The first-order valence-corrected chi connectivity index (χ1v) is 9.93. The second-order valence-corrected chi connectivity index (χ2v) is 8.87. The first kappa shape index (κ1) is 21.4. The summed E-state index contributed by atoms with van der Waals surface area (Å²) in [6.45, 7) is 12.3. The molecule has 0 aliphatic carbocycles. The van der Waals surface area contributed by atoms with Crippen molar-refractivity contribution in [2.75, 3.05) is 38.0 Å². The molecule has 0 saturated carbocycles. The third kappa shape index (κ3) is 8.12. The molecule has 152 valence electrons. The van der Waals surface area contributed by atoms with Gasteiger partial charge < -0.3 is 19.6 Å². The highest BCUT2D eigenvalue weighted by molar-refractivity contribution is 5.93. The van der Waals surface area contributed by atoms with Crippen LogP contribution in [0, 0.1) is 11.3 Å². The first-order chi connectivity index (χ1) is 12.7. The summed E-state index contributed by atoms with van der Waals surface area (Å²) < 4.78 is 4.73. The minimum atomic E-state index is -0.248. The highest BCUT2D eigenvalue weighted by Gasteiger charge is 2.23.